The first-order chi connectivity index (χ1) is 9.95. The predicted molar refractivity (Wildman–Crippen MR) is 87.4 cm³/mol. The van der Waals surface area contributed by atoms with Gasteiger partial charge < -0.3 is 0 Å². The van der Waals surface area contributed by atoms with Gasteiger partial charge in [-0.3, -0.25) is 0 Å². The van der Waals surface area contributed by atoms with E-state index in [0.717, 1.165) is 11.1 Å². The quantitative estimate of drug-likeness (QED) is 0.493. The van der Waals surface area contributed by atoms with E-state index in [0.29, 0.717) is 20.7 Å². The molecule has 6 heteroatoms. The summed E-state index contributed by atoms with van der Waals surface area (Å²) in [5.74, 6) is -0.0795. The molecule has 21 heavy (non-hydrogen) atoms. The molecule has 0 aliphatic rings. The van der Waals surface area contributed by atoms with Gasteiger partial charge in [-0.05, 0) is 42.8 Å². The molecule has 0 atom stereocenters. The van der Waals surface area contributed by atoms with Crippen LogP contribution in [-0.2, 0) is 0 Å². The lowest BCUT2D eigenvalue weighted by atomic mass is 10.1. The van der Waals surface area contributed by atoms with E-state index in [4.69, 9.17) is 23.2 Å². The van der Waals surface area contributed by atoms with Crippen LogP contribution >= 0.6 is 39.1 Å². The summed E-state index contributed by atoms with van der Waals surface area (Å²) in [6.45, 7) is 1.88. The summed E-state index contributed by atoms with van der Waals surface area (Å²) < 4.78 is 14.7. The highest BCUT2D eigenvalue weighted by molar-refractivity contribution is 9.10. The first kappa shape index (κ1) is 14.7. The normalized spacial score (nSPS) is 11.1. The molecule has 0 spiro atoms. The van der Waals surface area contributed by atoms with E-state index in [9.17, 15) is 4.39 Å². The summed E-state index contributed by atoms with van der Waals surface area (Å²) in [6.07, 6.45) is 0. The summed E-state index contributed by atoms with van der Waals surface area (Å²) in [5.41, 5.74) is 1.83. The van der Waals surface area contributed by atoms with Crippen LogP contribution in [0.15, 0.2) is 34.8 Å². The first-order valence-corrected chi connectivity index (χ1v) is 7.59. The van der Waals surface area contributed by atoms with Gasteiger partial charge in [0, 0.05) is 20.4 Å². The second-order valence-electron chi connectivity index (χ2n) is 4.59. The van der Waals surface area contributed by atoms with Crippen molar-refractivity contribution >= 4 is 50.0 Å². The highest BCUT2D eigenvalue weighted by Gasteiger charge is 2.13. The topological polar surface area (TPSA) is 25.8 Å². The summed E-state index contributed by atoms with van der Waals surface area (Å²) in [7, 11) is 0. The average molecular weight is 386 g/mol. The van der Waals surface area contributed by atoms with Gasteiger partial charge in [0.05, 0.1) is 0 Å². The van der Waals surface area contributed by atoms with Gasteiger partial charge in [-0.25, -0.2) is 14.4 Å². The maximum Gasteiger partial charge on any atom is 0.161 e. The van der Waals surface area contributed by atoms with Crippen molar-refractivity contribution < 1.29 is 4.39 Å². The van der Waals surface area contributed by atoms with Gasteiger partial charge in [-0.2, -0.15) is 0 Å². The van der Waals surface area contributed by atoms with Crippen LogP contribution < -0.4 is 0 Å². The monoisotopic (exact) mass is 384 g/mol. The predicted octanol–water partition coefficient (Wildman–Crippen LogP) is 5.81. The van der Waals surface area contributed by atoms with E-state index < -0.39 is 5.82 Å². The number of halogens is 4. The SMILES string of the molecule is Cc1cc(-c2nc(Cl)c3cc(Br)cc(F)c3n2)ccc1Cl. The van der Waals surface area contributed by atoms with E-state index in [-0.39, 0.29) is 10.7 Å². The number of aromatic nitrogens is 2. The van der Waals surface area contributed by atoms with Crippen molar-refractivity contribution in [1.82, 2.24) is 9.97 Å². The van der Waals surface area contributed by atoms with Crippen molar-refractivity contribution in [2.45, 2.75) is 6.92 Å². The van der Waals surface area contributed by atoms with Gasteiger partial charge >= 0.3 is 0 Å². The number of fused-ring (bicyclic) bond motifs is 1. The van der Waals surface area contributed by atoms with Gasteiger partial charge in [0.15, 0.2) is 11.6 Å². The molecule has 2 nitrogen and oxygen atoms in total. The minimum Gasteiger partial charge on any atom is -0.225 e. The summed E-state index contributed by atoms with van der Waals surface area (Å²) in [6, 6.07) is 8.42. The molecule has 0 aliphatic carbocycles. The van der Waals surface area contributed by atoms with Crippen LogP contribution in [0.4, 0.5) is 4.39 Å². The molecule has 0 fully saturated rings. The molecule has 0 saturated carbocycles. The minimum absolute atomic E-state index is 0.195. The highest BCUT2D eigenvalue weighted by atomic mass is 79.9. The molecule has 3 aromatic rings. The van der Waals surface area contributed by atoms with E-state index in [1.54, 1.807) is 18.2 Å². The molecule has 1 heterocycles. The Morgan fingerprint density at radius 2 is 1.86 bits per heavy atom. The summed E-state index contributed by atoms with van der Waals surface area (Å²) in [4.78, 5) is 8.53. The Balaban J connectivity index is 2.27. The van der Waals surface area contributed by atoms with E-state index >= 15 is 0 Å². The van der Waals surface area contributed by atoms with Crippen molar-refractivity contribution in [3.05, 3.63) is 56.4 Å². The molecule has 0 saturated heterocycles. The number of hydrogen-bond acceptors (Lipinski definition) is 2. The van der Waals surface area contributed by atoms with Gasteiger partial charge in [0.2, 0.25) is 0 Å². The zero-order valence-corrected chi connectivity index (χ0v) is 13.9. The van der Waals surface area contributed by atoms with Crippen molar-refractivity contribution in [2.75, 3.05) is 0 Å². The molecule has 0 unspecified atom stereocenters. The number of hydrogen-bond donors (Lipinski definition) is 0. The van der Waals surface area contributed by atoms with Gasteiger partial charge in [0.25, 0.3) is 0 Å². The number of rotatable bonds is 1. The average Bonchev–Trinajstić information content (AvgIpc) is 2.43. The molecule has 1 aromatic heterocycles. The van der Waals surface area contributed by atoms with E-state index in [1.807, 2.05) is 13.0 Å². The van der Waals surface area contributed by atoms with Crippen LogP contribution in [0.25, 0.3) is 22.3 Å². The Bertz CT molecular complexity index is 868. The second kappa shape index (κ2) is 5.52. The Hall–Kier alpha value is -1.23. The largest absolute Gasteiger partial charge is 0.225 e. The molecular formula is C15H8BrCl2FN2. The number of benzene rings is 2. The Labute approximate surface area is 139 Å². The minimum atomic E-state index is -0.449. The fraction of sp³-hybridized carbons (Fsp3) is 0.0667. The third kappa shape index (κ3) is 2.76. The zero-order valence-electron chi connectivity index (χ0n) is 10.8. The van der Waals surface area contributed by atoms with Crippen molar-refractivity contribution in [3.8, 4) is 11.4 Å². The van der Waals surface area contributed by atoms with Crippen molar-refractivity contribution in [1.29, 1.82) is 0 Å². The number of aryl methyl sites for hydroxylation is 1. The van der Waals surface area contributed by atoms with E-state index in [2.05, 4.69) is 25.9 Å². The summed E-state index contributed by atoms with van der Waals surface area (Å²) >= 11 is 15.4. The molecular weight excluding hydrogens is 378 g/mol. The molecule has 0 bridgehead atoms. The zero-order chi connectivity index (χ0) is 15.1. The van der Waals surface area contributed by atoms with Gasteiger partial charge in [0.1, 0.15) is 10.7 Å². The molecule has 0 amide bonds. The van der Waals surface area contributed by atoms with E-state index in [1.165, 1.54) is 6.07 Å². The maximum absolute atomic E-state index is 14.1. The molecule has 0 radical (unpaired) electrons. The Morgan fingerprint density at radius 3 is 2.57 bits per heavy atom. The smallest absolute Gasteiger partial charge is 0.161 e. The standard InChI is InChI=1S/C15H8BrCl2FN2/c1-7-4-8(2-3-11(7)17)15-20-13-10(14(18)21-15)5-9(16)6-12(13)19/h2-6H,1H3. The van der Waals surface area contributed by atoms with Crippen LogP contribution in [-0.4, -0.2) is 9.97 Å². The molecule has 0 N–H and O–H groups in total. The van der Waals surface area contributed by atoms with Crippen LogP contribution in [0.5, 0.6) is 0 Å². The van der Waals surface area contributed by atoms with Crippen LogP contribution in [0, 0.1) is 12.7 Å². The number of nitrogens with zero attached hydrogens (tertiary/aromatic N) is 2. The Kier molecular flexibility index (Phi) is 3.86. The second-order valence-corrected chi connectivity index (χ2v) is 6.27. The fourth-order valence-corrected chi connectivity index (χ4v) is 2.81. The van der Waals surface area contributed by atoms with Gasteiger partial charge in [-0.1, -0.05) is 39.1 Å². The fourth-order valence-electron chi connectivity index (χ4n) is 2.03. The summed E-state index contributed by atoms with van der Waals surface area (Å²) in [5, 5.41) is 1.33. The van der Waals surface area contributed by atoms with Crippen molar-refractivity contribution in [2.24, 2.45) is 0 Å². The first-order valence-electron chi connectivity index (χ1n) is 6.04. The molecule has 0 aliphatic heterocycles. The lowest BCUT2D eigenvalue weighted by Crippen LogP contribution is -1.95. The third-order valence-corrected chi connectivity index (χ3v) is 4.26. The third-order valence-electron chi connectivity index (χ3n) is 3.09. The molecule has 2 aromatic carbocycles. The lowest BCUT2D eigenvalue weighted by Gasteiger charge is -2.07. The highest BCUT2D eigenvalue weighted by Crippen LogP contribution is 2.30. The Morgan fingerprint density at radius 1 is 1.10 bits per heavy atom. The lowest BCUT2D eigenvalue weighted by molar-refractivity contribution is 0.636. The van der Waals surface area contributed by atoms with Crippen LogP contribution in [0.3, 0.4) is 0 Å². The van der Waals surface area contributed by atoms with Gasteiger partial charge in [-0.15, -0.1) is 0 Å². The van der Waals surface area contributed by atoms with Crippen LogP contribution in [0.2, 0.25) is 10.2 Å². The molecule has 106 valence electrons. The van der Waals surface area contributed by atoms with Crippen LogP contribution in [0.1, 0.15) is 5.56 Å². The maximum atomic E-state index is 14.1. The van der Waals surface area contributed by atoms with Crippen molar-refractivity contribution in [3.63, 3.8) is 0 Å². The molecule has 3 rings (SSSR count).